The first-order chi connectivity index (χ1) is 13.5. The van der Waals surface area contributed by atoms with Crippen LogP contribution in [0.1, 0.15) is 22.3 Å². The van der Waals surface area contributed by atoms with Gasteiger partial charge in [-0.15, -0.1) is 0 Å². The van der Waals surface area contributed by atoms with Crippen molar-refractivity contribution in [3.05, 3.63) is 52.0 Å². The van der Waals surface area contributed by atoms with Gasteiger partial charge in [-0.05, 0) is 52.5 Å². The van der Waals surface area contributed by atoms with Crippen molar-refractivity contribution in [3.8, 4) is 11.5 Å². The summed E-state index contributed by atoms with van der Waals surface area (Å²) in [5.74, 6) is 0.0569. The van der Waals surface area contributed by atoms with Crippen LogP contribution < -0.4 is 25.2 Å². The second-order valence-electron chi connectivity index (χ2n) is 6.35. The van der Waals surface area contributed by atoms with E-state index in [0.717, 1.165) is 25.1 Å². The molecular formula is C20H22BrN3O4. The molecule has 0 saturated heterocycles. The van der Waals surface area contributed by atoms with Gasteiger partial charge in [0.2, 0.25) is 0 Å². The molecule has 0 radical (unpaired) electrons. The number of anilines is 1. The maximum absolute atomic E-state index is 12.5. The van der Waals surface area contributed by atoms with Gasteiger partial charge in [0.25, 0.3) is 11.8 Å². The van der Waals surface area contributed by atoms with Crippen LogP contribution in [0.3, 0.4) is 0 Å². The molecule has 1 aliphatic heterocycles. The van der Waals surface area contributed by atoms with Crippen molar-refractivity contribution in [1.29, 1.82) is 0 Å². The van der Waals surface area contributed by atoms with Crippen molar-refractivity contribution in [3.63, 3.8) is 0 Å². The Morgan fingerprint density at radius 2 is 1.93 bits per heavy atom. The molecule has 3 rings (SSSR count). The van der Waals surface area contributed by atoms with E-state index < -0.39 is 5.91 Å². The Morgan fingerprint density at radius 1 is 1.14 bits per heavy atom. The van der Waals surface area contributed by atoms with Crippen molar-refractivity contribution in [2.24, 2.45) is 0 Å². The molecular weight excluding hydrogens is 426 g/mol. The third kappa shape index (κ3) is 4.39. The summed E-state index contributed by atoms with van der Waals surface area (Å²) in [6.07, 6.45) is 2.00. The minimum absolute atomic E-state index is 0.163. The molecule has 2 N–H and O–H groups in total. The van der Waals surface area contributed by atoms with E-state index in [-0.39, 0.29) is 18.0 Å². The minimum atomic E-state index is -0.496. The predicted molar refractivity (Wildman–Crippen MR) is 110 cm³/mol. The first-order valence-electron chi connectivity index (χ1n) is 8.87. The Morgan fingerprint density at radius 3 is 2.68 bits per heavy atom. The third-order valence-corrected chi connectivity index (χ3v) is 5.15. The maximum Gasteiger partial charge on any atom is 0.273 e. The summed E-state index contributed by atoms with van der Waals surface area (Å²) in [5, 5.41) is 0. The van der Waals surface area contributed by atoms with E-state index in [9.17, 15) is 9.59 Å². The normalized spacial score (nSPS) is 12.8. The molecule has 28 heavy (non-hydrogen) atoms. The number of para-hydroxylation sites is 1. The average molecular weight is 448 g/mol. The number of methoxy groups -OCH3 is 2. The number of hydrogen-bond donors (Lipinski definition) is 2. The van der Waals surface area contributed by atoms with Crippen LogP contribution >= 0.6 is 15.9 Å². The molecule has 8 heteroatoms. The van der Waals surface area contributed by atoms with Crippen molar-refractivity contribution >= 4 is 33.4 Å². The Bertz CT molecular complexity index is 888. The number of hydrazine groups is 1. The number of nitrogens with one attached hydrogen (secondary N) is 2. The number of nitrogens with zero attached hydrogens (tertiary/aromatic N) is 1. The molecule has 2 aromatic rings. The number of ether oxygens (including phenoxy) is 2. The van der Waals surface area contributed by atoms with E-state index in [1.807, 2.05) is 23.1 Å². The van der Waals surface area contributed by atoms with Crippen molar-refractivity contribution in [2.45, 2.75) is 12.8 Å². The fourth-order valence-corrected chi connectivity index (χ4v) is 3.85. The second kappa shape index (κ2) is 8.97. The van der Waals surface area contributed by atoms with Gasteiger partial charge in [-0.2, -0.15) is 0 Å². The number of benzene rings is 2. The summed E-state index contributed by atoms with van der Waals surface area (Å²) < 4.78 is 11.0. The fourth-order valence-electron chi connectivity index (χ4n) is 3.25. The van der Waals surface area contributed by atoms with E-state index in [2.05, 4.69) is 32.8 Å². The number of hydrogen-bond acceptors (Lipinski definition) is 5. The minimum Gasteiger partial charge on any atom is -0.497 e. The number of fused-ring (bicyclic) bond motifs is 1. The zero-order valence-corrected chi connectivity index (χ0v) is 17.3. The molecule has 0 atom stereocenters. The van der Waals surface area contributed by atoms with E-state index in [0.29, 0.717) is 16.0 Å². The lowest BCUT2D eigenvalue weighted by molar-refractivity contribution is -0.120. The number of carbonyl (C=O) groups excluding carboxylic acids is 2. The summed E-state index contributed by atoms with van der Waals surface area (Å²) in [6.45, 7) is 0.964. The monoisotopic (exact) mass is 447 g/mol. The van der Waals surface area contributed by atoms with Gasteiger partial charge < -0.3 is 14.4 Å². The summed E-state index contributed by atoms with van der Waals surface area (Å²) in [7, 11) is 2.98. The first kappa shape index (κ1) is 20.0. The largest absolute Gasteiger partial charge is 0.497 e. The molecule has 0 bridgehead atoms. The van der Waals surface area contributed by atoms with Gasteiger partial charge in [0, 0.05) is 12.2 Å². The van der Waals surface area contributed by atoms with Crippen molar-refractivity contribution in [1.82, 2.24) is 10.9 Å². The Balaban J connectivity index is 1.64. The SMILES string of the molecule is COc1cc(Br)c(OC)c(C(=O)NNC(=O)CN2CCCc3ccccc32)c1. The predicted octanol–water partition coefficient (Wildman–Crippen LogP) is 2.68. The maximum atomic E-state index is 12.5. The molecule has 0 fully saturated rings. The first-order valence-corrected chi connectivity index (χ1v) is 9.66. The Hall–Kier alpha value is -2.74. The molecule has 1 aliphatic rings. The summed E-state index contributed by atoms with van der Waals surface area (Å²) in [5.41, 5.74) is 7.46. The van der Waals surface area contributed by atoms with Crippen LogP contribution in [0.2, 0.25) is 0 Å². The molecule has 7 nitrogen and oxygen atoms in total. The smallest absolute Gasteiger partial charge is 0.273 e. The topological polar surface area (TPSA) is 79.9 Å². The molecule has 0 spiro atoms. The molecule has 2 amide bonds. The van der Waals surface area contributed by atoms with Gasteiger partial charge in [-0.25, -0.2) is 0 Å². The molecule has 0 aromatic heterocycles. The van der Waals surface area contributed by atoms with Gasteiger partial charge in [0.15, 0.2) is 0 Å². The number of carbonyl (C=O) groups is 2. The van der Waals surface area contributed by atoms with Gasteiger partial charge in [0.1, 0.15) is 11.5 Å². The highest BCUT2D eigenvalue weighted by atomic mass is 79.9. The van der Waals surface area contributed by atoms with Crippen molar-refractivity contribution < 1.29 is 19.1 Å². The highest BCUT2D eigenvalue weighted by Crippen LogP contribution is 2.33. The van der Waals surface area contributed by atoms with E-state index in [1.54, 1.807) is 12.1 Å². The molecule has 0 unspecified atom stereocenters. The molecule has 0 saturated carbocycles. The second-order valence-corrected chi connectivity index (χ2v) is 7.20. The quantitative estimate of drug-likeness (QED) is 0.688. The van der Waals surface area contributed by atoms with Crippen molar-refractivity contribution in [2.75, 3.05) is 32.2 Å². The summed E-state index contributed by atoms with van der Waals surface area (Å²) in [6, 6.07) is 11.3. The van der Waals surface area contributed by atoms with Crippen LogP contribution in [0.4, 0.5) is 5.69 Å². The number of amides is 2. The van der Waals surface area contributed by atoms with Crippen LogP contribution in [0, 0.1) is 0 Å². The number of aryl methyl sites for hydroxylation is 1. The van der Waals surface area contributed by atoms with Crippen LogP contribution in [0.25, 0.3) is 0 Å². The molecule has 2 aromatic carbocycles. The lowest BCUT2D eigenvalue weighted by Gasteiger charge is -2.30. The zero-order valence-electron chi connectivity index (χ0n) is 15.8. The highest BCUT2D eigenvalue weighted by Gasteiger charge is 2.20. The molecule has 0 aliphatic carbocycles. The molecule has 1 heterocycles. The Labute approximate surface area is 172 Å². The van der Waals surface area contributed by atoms with E-state index in [4.69, 9.17) is 9.47 Å². The van der Waals surface area contributed by atoms with Crippen LogP contribution in [0.5, 0.6) is 11.5 Å². The summed E-state index contributed by atoms with van der Waals surface area (Å²) in [4.78, 5) is 26.9. The van der Waals surface area contributed by atoms with Crippen LogP contribution in [-0.4, -0.2) is 39.1 Å². The lowest BCUT2D eigenvalue weighted by Crippen LogP contribution is -2.47. The van der Waals surface area contributed by atoms with Gasteiger partial charge in [-0.1, -0.05) is 18.2 Å². The Kier molecular flexibility index (Phi) is 6.41. The van der Waals surface area contributed by atoms with Gasteiger partial charge >= 0.3 is 0 Å². The summed E-state index contributed by atoms with van der Waals surface area (Å²) >= 11 is 3.35. The third-order valence-electron chi connectivity index (χ3n) is 4.56. The zero-order chi connectivity index (χ0) is 20.1. The molecule has 148 valence electrons. The number of halogens is 1. The number of rotatable bonds is 5. The van der Waals surface area contributed by atoms with Gasteiger partial charge in [-0.3, -0.25) is 20.4 Å². The van der Waals surface area contributed by atoms with E-state index >= 15 is 0 Å². The van der Waals surface area contributed by atoms with Gasteiger partial charge in [0.05, 0.1) is 30.8 Å². The highest BCUT2D eigenvalue weighted by molar-refractivity contribution is 9.10. The standard InChI is InChI=1S/C20H22BrN3O4/c1-27-14-10-15(19(28-2)16(21)11-14)20(26)23-22-18(25)12-24-9-5-7-13-6-3-4-8-17(13)24/h3-4,6,8,10-11H,5,7,9,12H2,1-2H3,(H,22,25)(H,23,26). The van der Waals surface area contributed by atoms with Crippen LogP contribution in [0.15, 0.2) is 40.9 Å². The van der Waals surface area contributed by atoms with E-state index in [1.165, 1.54) is 19.8 Å². The van der Waals surface area contributed by atoms with Crippen LogP contribution in [-0.2, 0) is 11.2 Å². The lowest BCUT2D eigenvalue weighted by atomic mass is 10.0. The average Bonchev–Trinajstić information content (AvgIpc) is 2.71. The fraction of sp³-hybridized carbons (Fsp3) is 0.300.